The van der Waals surface area contributed by atoms with E-state index >= 15 is 0 Å². The van der Waals surface area contributed by atoms with Crippen LogP contribution in [0.15, 0.2) is 71.6 Å². The highest BCUT2D eigenvalue weighted by atomic mass is 35.5. The van der Waals surface area contributed by atoms with Gasteiger partial charge in [0.15, 0.2) is 6.61 Å². The molecule has 0 aliphatic heterocycles. The lowest BCUT2D eigenvalue weighted by Crippen LogP contribution is -2.19. The van der Waals surface area contributed by atoms with Crippen molar-refractivity contribution in [2.75, 3.05) is 16.6 Å². The lowest BCUT2D eigenvalue weighted by atomic mass is 10.2. The predicted octanol–water partition coefficient (Wildman–Crippen LogP) is 5.64. The summed E-state index contributed by atoms with van der Waals surface area (Å²) in [4.78, 5) is 12.5. The van der Waals surface area contributed by atoms with Crippen LogP contribution in [-0.2, 0) is 10.0 Å². The minimum atomic E-state index is -4.47. The van der Waals surface area contributed by atoms with E-state index in [1.54, 1.807) is 18.2 Å². The Kier molecular flexibility index (Phi) is 7.19. The number of halogens is 4. The summed E-state index contributed by atoms with van der Waals surface area (Å²) in [6, 6.07) is 15.7. The summed E-state index contributed by atoms with van der Waals surface area (Å²) >= 11 is 6.09. The number of aryl methyl sites for hydroxylation is 1. The Bertz CT molecular complexity index is 1260. The quantitative estimate of drug-likeness (QED) is 0.441. The van der Waals surface area contributed by atoms with Gasteiger partial charge in [-0.25, -0.2) is 8.42 Å². The summed E-state index contributed by atoms with van der Waals surface area (Å²) in [5, 5.41) is 2.54. The third-order valence-electron chi connectivity index (χ3n) is 4.28. The molecular weight excluding hydrogens is 481 g/mol. The molecule has 0 radical (unpaired) electrons. The summed E-state index contributed by atoms with van der Waals surface area (Å²) in [5.41, 5.74) is 1.38. The molecule has 0 aromatic heterocycles. The van der Waals surface area contributed by atoms with E-state index in [0.29, 0.717) is 5.69 Å². The van der Waals surface area contributed by atoms with Gasteiger partial charge in [-0.2, -0.15) is 13.2 Å². The molecule has 11 heteroatoms. The fourth-order valence-electron chi connectivity index (χ4n) is 2.77. The molecule has 0 bridgehead atoms. The van der Waals surface area contributed by atoms with Crippen LogP contribution in [0.2, 0.25) is 5.02 Å². The Balaban J connectivity index is 1.75. The number of hydrogen-bond donors (Lipinski definition) is 2. The van der Waals surface area contributed by atoms with Crippen LogP contribution in [0.4, 0.5) is 24.5 Å². The van der Waals surface area contributed by atoms with Gasteiger partial charge in [-0.3, -0.25) is 9.52 Å². The molecule has 0 aliphatic carbocycles. The van der Waals surface area contributed by atoms with Crippen molar-refractivity contribution in [2.45, 2.75) is 18.0 Å². The minimum Gasteiger partial charge on any atom is -0.484 e. The Morgan fingerprint density at radius 3 is 2.33 bits per heavy atom. The van der Waals surface area contributed by atoms with Crippen molar-refractivity contribution < 1.29 is 31.1 Å². The first kappa shape index (κ1) is 24.4. The summed E-state index contributed by atoms with van der Waals surface area (Å²) in [7, 11) is -4.00. The fourth-order valence-corrected chi connectivity index (χ4v) is 4.04. The number of nitrogens with one attached hydrogen (secondary N) is 2. The fraction of sp³-hybridized carbons (Fsp3) is 0.136. The monoisotopic (exact) mass is 498 g/mol. The molecule has 174 valence electrons. The van der Waals surface area contributed by atoms with E-state index in [0.717, 1.165) is 11.6 Å². The molecule has 0 heterocycles. The van der Waals surface area contributed by atoms with Crippen LogP contribution >= 0.6 is 11.6 Å². The molecule has 1 amide bonds. The minimum absolute atomic E-state index is 0.0205. The lowest BCUT2D eigenvalue weighted by molar-refractivity contribution is -0.153. The van der Waals surface area contributed by atoms with Crippen molar-refractivity contribution >= 4 is 38.9 Å². The number of rotatable bonds is 7. The molecule has 0 unspecified atom stereocenters. The third-order valence-corrected chi connectivity index (χ3v) is 5.99. The number of anilines is 2. The van der Waals surface area contributed by atoms with E-state index in [-0.39, 0.29) is 26.9 Å². The van der Waals surface area contributed by atoms with Crippen molar-refractivity contribution in [2.24, 2.45) is 0 Å². The average Bonchev–Trinajstić information content (AvgIpc) is 2.72. The SMILES string of the molecule is Cc1cccc(NS(=O)(=O)c2ccc(Cl)c(C(=O)Nc3ccc(OCC(F)(F)F)cc3)c2)c1. The van der Waals surface area contributed by atoms with Gasteiger partial charge < -0.3 is 10.1 Å². The molecule has 3 rings (SSSR count). The Labute approximate surface area is 193 Å². The number of hydrogen-bond acceptors (Lipinski definition) is 4. The molecule has 3 aromatic carbocycles. The van der Waals surface area contributed by atoms with Crippen LogP contribution in [0.25, 0.3) is 0 Å². The Hall–Kier alpha value is -3.24. The van der Waals surface area contributed by atoms with Gasteiger partial charge in [0.1, 0.15) is 5.75 Å². The molecule has 0 saturated carbocycles. The highest BCUT2D eigenvalue weighted by Gasteiger charge is 2.28. The maximum atomic E-state index is 12.7. The van der Waals surface area contributed by atoms with Crippen molar-refractivity contribution in [3.63, 3.8) is 0 Å². The number of amides is 1. The maximum absolute atomic E-state index is 12.7. The highest BCUT2D eigenvalue weighted by Crippen LogP contribution is 2.25. The van der Waals surface area contributed by atoms with Gasteiger partial charge in [0, 0.05) is 11.4 Å². The number of carbonyl (C=O) groups excluding carboxylic acids is 1. The molecule has 33 heavy (non-hydrogen) atoms. The zero-order valence-corrected chi connectivity index (χ0v) is 18.7. The zero-order valence-electron chi connectivity index (χ0n) is 17.1. The second-order valence-corrected chi connectivity index (χ2v) is 9.09. The van der Waals surface area contributed by atoms with Gasteiger partial charge in [0.05, 0.1) is 15.5 Å². The second-order valence-electron chi connectivity index (χ2n) is 7.00. The van der Waals surface area contributed by atoms with Crippen LogP contribution < -0.4 is 14.8 Å². The summed E-state index contributed by atoms with van der Waals surface area (Å²) in [5.74, 6) is -0.727. The van der Waals surface area contributed by atoms with Gasteiger partial charge in [0.25, 0.3) is 15.9 Å². The number of carbonyl (C=O) groups is 1. The van der Waals surface area contributed by atoms with Crippen LogP contribution in [-0.4, -0.2) is 27.1 Å². The maximum Gasteiger partial charge on any atom is 0.422 e. The normalized spacial score (nSPS) is 11.7. The van der Waals surface area contributed by atoms with Crippen molar-refractivity contribution in [3.8, 4) is 5.75 Å². The lowest BCUT2D eigenvalue weighted by Gasteiger charge is -2.12. The molecule has 0 saturated heterocycles. The smallest absolute Gasteiger partial charge is 0.422 e. The van der Waals surface area contributed by atoms with Gasteiger partial charge >= 0.3 is 6.18 Å². The van der Waals surface area contributed by atoms with Gasteiger partial charge in [-0.1, -0.05) is 23.7 Å². The van der Waals surface area contributed by atoms with Crippen LogP contribution in [0, 0.1) is 6.92 Å². The predicted molar refractivity (Wildman–Crippen MR) is 119 cm³/mol. The van der Waals surface area contributed by atoms with Gasteiger partial charge in [-0.15, -0.1) is 0 Å². The third kappa shape index (κ3) is 6.87. The summed E-state index contributed by atoms with van der Waals surface area (Å²) in [6.45, 7) is 0.379. The summed E-state index contributed by atoms with van der Waals surface area (Å²) in [6.07, 6.45) is -4.47. The van der Waals surface area contributed by atoms with E-state index < -0.39 is 28.7 Å². The molecule has 0 spiro atoms. The second kappa shape index (κ2) is 9.72. The number of ether oxygens (including phenoxy) is 1. The molecule has 0 fully saturated rings. The standard InChI is InChI=1S/C22H18ClF3N2O4S/c1-14-3-2-4-16(11-14)28-33(30,31)18-9-10-20(23)19(12-18)21(29)27-15-5-7-17(8-6-15)32-13-22(24,25)26/h2-12,28H,13H2,1H3,(H,27,29). The van der Waals surface area contributed by atoms with Gasteiger partial charge in [-0.05, 0) is 67.1 Å². The van der Waals surface area contributed by atoms with Crippen LogP contribution in [0.3, 0.4) is 0 Å². The van der Waals surface area contributed by atoms with Crippen LogP contribution in [0.1, 0.15) is 15.9 Å². The molecule has 2 N–H and O–H groups in total. The number of benzene rings is 3. The number of sulfonamides is 1. The topological polar surface area (TPSA) is 84.5 Å². The average molecular weight is 499 g/mol. The zero-order chi connectivity index (χ0) is 24.2. The van der Waals surface area contributed by atoms with E-state index in [2.05, 4.69) is 14.8 Å². The van der Waals surface area contributed by atoms with Crippen molar-refractivity contribution in [3.05, 3.63) is 82.9 Å². The molecule has 3 aromatic rings. The molecule has 6 nitrogen and oxygen atoms in total. The first-order valence-corrected chi connectivity index (χ1v) is 11.3. The van der Waals surface area contributed by atoms with E-state index in [9.17, 15) is 26.4 Å². The van der Waals surface area contributed by atoms with E-state index in [1.807, 2.05) is 13.0 Å². The van der Waals surface area contributed by atoms with Crippen molar-refractivity contribution in [1.82, 2.24) is 0 Å². The highest BCUT2D eigenvalue weighted by molar-refractivity contribution is 7.92. The first-order chi connectivity index (χ1) is 15.4. The molecule has 0 aliphatic rings. The largest absolute Gasteiger partial charge is 0.484 e. The molecule has 0 atom stereocenters. The van der Waals surface area contributed by atoms with E-state index in [1.165, 1.54) is 36.4 Å². The Morgan fingerprint density at radius 1 is 1.00 bits per heavy atom. The van der Waals surface area contributed by atoms with Gasteiger partial charge in [0.2, 0.25) is 0 Å². The Morgan fingerprint density at radius 2 is 1.70 bits per heavy atom. The number of alkyl halides is 3. The van der Waals surface area contributed by atoms with E-state index in [4.69, 9.17) is 11.6 Å². The first-order valence-electron chi connectivity index (χ1n) is 9.43. The summed E-state index contributed by atoms with van der Waals surface area (Å²) < 4.78 is 69.2. The molecular formula is C22H18ClF3N2O4S. The van der Waals surface area contributed by atoms with Crippen molar-refractivity contribution in [1.29, 1.82) is 0 Å². The van der Waals surface area contributed by atoms with Crippen LogP contribution in [0.5, 0.6) is 5.75 Å².